The van der Waals surface area contributed by atoms with Crippen molar-refractivity contribution in [1.29, 1.82) is 5.26 Å². The number of para-hydroxylation sites is 1. The third-order valence-electron chi connectivity index (χ3n) is 3.17. The normalized spacial score (nSPS) is 10.5. The van der Waals surface area contributed by atoms with E-state index in [2.05, 4.69) is 47.2 Å². The summed E-state index contributed by atoms with van der Waals surface area (Å²) in [6, 6.07) is 16.2. The minimum Gasteiger partial charge on any atom is -0.342 e. The SMILES string of the molecule is Cc1ccc(Cc2nc3c(C#N)cccc3[nH]2)cc1. The highest BCUT2D eigenvalue weighted by molar-refractivity contribution is 5.81. The number of rotatable bonds is 2. The highest BCUT2D eigenvalue weighted by Crippen LogP contribution is 2.17. The molecule has 19 heavy (non-hydrogen) atoms. The van der Waals surface area contributed by atoms with Crippen molar-refractivity contribution in [3.8, 4) is 6.07 Å². The van der Waals surface area contributed by atoms with Crippen molar-refractivity contribution < 1.29 is 0 Å². The van der Waals surface area contributed by atoms with Gasteiger partial charge in [-0.3, -0.25) is 0 Å². The fraction of sp³-hybridized carbons (Fsp3) is 0.125. The standard InChI is InChI=1S/C16H13N3/c1-11-5-7-12(8-6-11)9-15-18-14-4-2-3-13(10-17)16(14)19-15/h2-8H,9H2,1H3,(H,18,19). The zero-order valence-corrected chi connectivity index (χ0v) is 10.6. The van der Waals surface area contributed by atoms with Gasteiger partial charge in [-0.2, -0.15) is 5.26 Å². The van der Waals surface area contributed by atoms with Crippen LogP contribution in [0, 0.1) is 18.3 Å². The van der Waals surface area contributed by atoms with Crippen LogP contribution >= 0.6 is 0 Å². The number of nitrogens with zero attached hydrogens (tertiary/aromatic N) is 2. The number of aromatic amines is 1. The number of benzene rings is 2. The minimum atomic E-state index is 0.615. The van der Waals surface area contributed by atoms with Crippen LogP contribution in [-0.4, -0.2) is 9.97 Å². The Morgan fingerprint density at radius 1 is 1.16 bits per heavy atom. The van der Waals surface area contributed by atoms with Crippen LogP contribution < -0.4 is 0 Å². The van der Waals surface area contributed by atoms with Crippen molar-refractivity contribution in [3.63, 3.8) is 0 Å². The molecule has 0 unspecified atom stereocenters. The summed E-state index contributed by atoms with van der Waals surface area (Å²) >= 11 is 0. The summed E-state index contributed by atoms with van der Waals surface area (Å²) in [5.74, 6) is 0.890. The van der Waals surface area contributed by atoms with Crippen molar-refractivity contribution in [3.05, 3.63) is 65.0 Å². The van der Waals surface area contributed by atoms with Gasteiger partial charge in [0.05, 0.1) is 11.1 Å². The Kier molecular flexibility index (Phi) is 2.77. The number of nitrogens with one attached hydrogen (secondary N) is 1. The van der Waals surface area contributed by atoms with E-state index >= 15 is 0 Å². The van der Waals surface area contributed by atoms with Gasteiger partial charge in [0.25, 0.3) is 0 Å². The molecule has 0 radical (unpaired) electrons. The molecule has 1 aromatic heterocycles. The van der Waals surface area contributed by atoms with E-state index in [1.807, 2.05) is 12.1 Å². The van der Waals surface area contributed by atoms with E-state index in [9.17, 15) is 0 Å². The van der Waals surface area contributed by atoms with Gasteiger partial charge in [0.15, 0.2) is 0 Å². The Balaban J connectivity index is 1.98. The van der Waals surface area contributed by atoms with Crippen LogP contribution in [0.15, 0.2) is 42.5 Å². The highest BCUT2D eigenvalue weighted by Gasteiger charge is 2.07. The van der Waals surface area contributed by atoms with Gasteiger partial charge in [-0.25, -0.2) is 4.98 Å². The lowest BCUT2D eigenvalue weighted by molar-refractivity contribution is 1.04. The molecule has 3 nitrogen and oxygen atoms in total. The molecule has 0 fully saturated rings. The predicted molar refractivity (Wildman–Crippen MR) is 74.8 cm³/mol. The first-order chi connectivity index (χ1) is 9.26. The largest absolute Gasteiger partial charge is 0.342 e. The first-order valence-corrected chi connectivity index (χ1v) is 6.19. The topological polar surface area (TPSA) is 52.5 Å². The number of hydrogen-bond acceptors (Lipinski definition) is 2. The van der Waals surface area contributed by atoms with Crippen molar-refractivity contribution in [2.45, 2.75) is 13.3 Å². The maximum Gasteiger partial charge on any atom is 0.111 e. The number of aromatic nitrogens is 2. The molecule has 0 spiro atoms. The third kappa shape index (κ3) is 2.21. The van der Waals surface area contributed by atoms with Crippen LogP contribution in [0.5, 0.6) is 0 Å². The summed E-state index contributed by atoms with van der Waals surface area (Å²) in [6.45, 7) is 2.07. The molecule has 1 heterocycles. The van der Waals surface area contributed by atoms with E-state index < -0.39 is 0 Å². The van der Waals surface area contributed by atoms with Gasteiger partial charge in [0.1, 0.15) is 17.4 Å². The Hall–Kier alpha value is -2.60. The summed E-state index contributed by atoms with van der Waals surface area (Å²) in [6.07, 6.45) is 0.750. The maximum atomic E-state index is 9.06. The van der Waals surface area contributed by atoms with Crippen LogP contribution in [0.3, 0.4) is 0 Å². The van der Waals surface area contributed by atoms with Gasteiger partial charge in [0, 0.05) is 6.42 Å². The molecule has 3 aromatic rings. The molecule has 3 rings (SSSR count). The van der Waals surface area contributed by atoms with Crippen LogP contribution in [0.4, 0.5) is 0 Å². The van der Waals surface area contributed by atoms with E-state index in [-0.39, 0.29) is 0 Å². The molecule has 1 N–H and O–H groups in total. The lowest BCUT2D eigenvalue weighted by atomic mass is 10.1. The zero-order valence-electron chi connectivity index (χ0n) is 10.6. The molecule has 0 amide bonds. The van der Waals surface area contributed by atoms with Crippen molar-refractivity contribution in [2.24, 2.45) is 0 Å². The lowest BCUT2D eigenvalue weighted by Gasteiger charge is -1.98. The summed E-state index contributed by atoms with van der Waals surface area (Å²) in [5, 5.41) is 9.06. The number of fused-ring (bicyclic) bond motifs is 1. The number of aryl methyl sites for hydroxylation is 1. The Bertz CT molecular complexity index is 761. The van der Waals surface area contributed by atoms with E-state index in [1.54, 1.807) is 6.07 Å². The van der Waals surface area contributed by atoms with Gasteiger partial charge >= 0.3 is 0 Å². The number of imidazole rings is 1. The first-order valence-electron chi connectivity index (χ1n) is 6.19. The second kappa shape index (κ2) is 4.58. The Morgan fingerprint density at radius 2 is 1.95 bits per heavy atom. The van der Waals surface area contributed by atoms with E-state index in [0.29, 0.717) is 5.56 Å². The molecule has 0 aliphatic carbocycles. The van der Waals surface area contributed by atoms with Crippen LogP contribution in [0.2, 0.25) is 0 Å². The van der Waals surface area contributed by atoms with Gasteiger partial charge in [-0.05, 0) is 24.6 Å². The van der Waals surface area contributed by atoms with E-state index in [0.717, 1.165) is 23.3 Å². The fourth-order valence-corrected chi connectivity index (χ4v) is 2.16. The minimum absolute atomic E-state index is 0.615. The number of H-pyrrole nitrogens is 1. The third-order valence-corrected chi connectivity index (χ3v) is 3.17. The van der Waals surface area contributed by atoms with Crippen molar-refractivity contribution in [1.82, 2.24) is 9.97 Å². The van der Waals surface area contributed by atoms with Crippen LogP contribution in [0.1, 0.15) is 22.5 Å². The lowest BCUT2D eigenvalue weighted by Crippen LogP contribution is -1.90. The molecule has 0 aliphatic rings. The zero-order chi connectivity index (χ0) is 13.2. The molecule has 0 bridgehead atoms. The monoisotopic (exact) mass is 247 g/mol. The van der Waals surface area contributed by atoms with Gasteiger partial charge < -0.3 is 4.98 Å². The van der Waals surface area contributed by atoms with Crippen molar-refractivity contribution in [2.75, 3.05) is 0 Å². The maximum absolute atomic E-state index is 9.06. The molecule has 92 valence electrons. The molecular weight excluding hydrogens is 234 g/mol. The molecule has 0 atom stereocenters. The summed E-state index contributed by atoms with van der Waals surface area (Å²) in [5.41, 5.74) is 4.75. The first kappa shape index (κ1) is 11.5. The van der Waals surface area contributed by atoms with E-state index in [4.69, 9.17) is 5.26 Å². The predicted octanol–water partition coefficient (Wildman–Crippen LogP) is 3.33. The highest BCUT2D eigenvalue weighted by atomic mass is 14.9. The molecule has 0 saturated carbocycles. The molecule has 0 saturated heterocycles. The second-order valence-corrected chi connectivity index (χ2v) is 4.66. The quantitative estimate of drug-likeness (QED) is 0.755. The van der Waals surface area contributed by atoms with E-state index in [1.165, 1.54) is 11.1 Å². The van der Waals surface area contributed by atoms with Crippen LogP contribution in [-0.2, 0) is 6.42 Å². The summed E-state index contributed by atoms with van der Waals surface area (Å²) in [4.78, 5) is 7.79. The number of nitriles is 1. The Morgan fingerprint density at radius 3 is 2.68 bits per heavy atom. The molecule has 0 aliphatic heterocycles. The van der Waals surface area contributed by atoms with Gasteiger partial charge in [-0.1, -0.05) is 35.9 Å². The molecular formula is C16H13N3. The summed E-state index contributed by atoms with van der Waals surface area (Å²) < 4.78 is 0. The number of hydrogen-bond donors (Lipinski definition) is 1. The van der Waals surface area contributed by atoms with Crippen molar-refractivity contribution >= 4 is 11.0 Å². The summed E-state index contributed by atoms with van der Waals surface area (Å²) in [7, 11) is 0. The molecule has 3 heteroatoms. The van der Waals surface area contributed by atoms with Crippen LogP contribution in [0.25, 0.3) is 11.0 Å². The Labute approximate surface area is 111 Å². The average Bonchev–Trinajstić information content (AvgIpc) is 2.83. The van der Waals surface area contributed by atoms with Gasteiger partial charge in [-0.15, -0.1) is 0 Å². The fourth-order valence-electron chi connectivity index (χ4n) is 2.16. The second-order valence-electron chi connectivity index (χ2n) is 4.66. The smallest absolute Gasteiger partial charge is 0.111 e. The average molecular weight is 247 g/mol. The van der Waals surface area contributed by atoms with Gasteiger partial charge in [0.2, 0.25) is 0 Å². The molecule has 2 aromatic carbocycles.